The summed E-state index contributed by atoms with van der Waals surface area (Å²) < 4.78 is 2.20. The highest BCUT2D eigenvalue weighted by molar-refractivity contribution is 7.99. The van der Waals surface area contributed by atoms with E-state index in [4.69, 9.17) is 0 Å². The number of benzene rings is 1. The zero-order valence-corrected chi connectivity index (χ0v) is 18.9. The molecule has 0 saturated heterocycles. The van der Waals surface area contributed by atoms with Crippen molar-refractivity contribution in [2.24, 2.45) is 5.92 Å². The minimum absolute atomic E-state index is 0.153. The molecule has 1 aromatic carbocycles. The van der Waals surface area contributed by atoms with Crippen LogP contribution in [0.1, 0.15) is 52.9 Å². The normalized spacial score (nSPS) is 11.6. The fourth-order valence-corrected chi connectivity index (χ4v) is 4.27. The molecule has 5 nitrogen and oxygen atoms in total. The molecule has 0 saturated carbocycles. The van der Waals surface area contributed by atoms with Gasteiger partial charge in [0.1, 0.15) is 5.82 Å². The third kappa shape index (κ3) is 6.36. The van der Waals surface area contributed by atoms with E-state index in [1.807, 2.05) is 11.0 Å². The van der Waals surface area contributed by atoms with Crippen molar-refractivity contribution in [1.82, 2.24) is 19.7 Å². The van der Waals surface area contributed by atoms with Crippen LogP contribution in [0, 0.1) is 5.92 Å². The molecule has 2 rings (SSSR count). The second-order valence-electron chi connectivity index (χ2n) is 8.17. The highest BCUT2D eigenvalue weighted by atomic mass is 32.2. The number of hydrogen-bond acceptors (Lipinski definition) is 4. The molecule has 0 bridgehead atoms. The van der Waals surface area contributed by atoms with Gasteiger partial charge in [0.15, 0.2) is 5.16 Å². The van der Waals surface area contributed by atoms with Crippen molar-refractivity contribution >= 4 is 17.7 Å². The molecule has 1 heterocycles. The van der Waals surface area contributed by atoms with Crippen LogP contribution in [0.3, 0.4) is 0 Å². The summed E-state index contributed by atoms with van der Waals surface area (Å²) in [4.78, 5) is 14.6. The number of thioether (sulfide) groups is 1. The molecule has 0 spiro atoms. The molecule has 0 N–H and O–H groups in total. The van der Waals surface area contributed by atoms with Crippen LogP contribution >= 0.6 is 11.8 Å². The van der Waals surface area contributed by atoms with Crippen molar-refractivity contribution in [3.8, 4) is 0 Å². The van der Waals surface area contributed by atoms with E-state index in [0.717, 1.165) is 30.4 Å². The third-order valence-corrected chi connectivity index (χ3v) is 5.50. The van der Waals surface area contributed by atoms with Gasteiger partial charge in [-0.3, -0.25) is 4.79 Å². The number of hydrogen-bond donors (Lipinski definition) is 0. The summed E-state index contributed by atoms with van der Waals surface area (Å²) in [5.74, 6) is 2.03. The van der Waals surface area contributed by atoms with E-state index in [2.05, 4.69) is 80.6 Å². The minimum atomic E-state index is 0.153. The first kappa shape index (κ1) is 22.5. The second-order valence-corrected chi connectivity index (χ2v) is 9.11. The Morgan fingerprint density at radius 2 is 1.64 bits per heavy atom. The molecule has 0 aliphatic heterocycles. The fraction of sp³-hybridized carbons (Fsp3) is 0.591. The molecular formula is C22H34N4OS. The van der Waals surface area contributed by atoms with Crippen molar-refractivity contribution < 1.29 is 4.79 Å². The molecule has 28 heavy (non-hydrogen) atoms. The Bertz CT molecular complexity index is 732. The van der Waals surface area contributed by atoms with Crippen LogP contribution < -0.4 is 0 Å². The Morgan fingerprint density at radius 1 is 1.00 bits per heavy atom. The maximum Gasteiger partial charge on any atom is 0.233 e. The monoisotopic (exact) mass is 402 g/mol. The summed E-state index contributed by atoms with van der Waals surface area (Å²) in [5, 5.41) is 9.70. The zero-order valence-electron chi connectivity index (χ0n) is 18.1. The molecule has 1 amide bonds. The van der Waals surface area contributed by atoms with Crippen LogP contribution in [-0.2, 0) is 24.2 Å². The van der Waals surface area contributed by atoms with Crippen molar-refractivity contribution in [2.45, 2.75) is 78.2 Å². The van der Waals surface area contributed by atoms with E-state index in [1.165, 1.54) is 17.3 Å². The molecule has 154 valence electrons. The molecule has 0 radical (unpaired) electrons. The summed E-state index contributed by atoms with van der Waals surface area (Å²) in [6.45, 7) is 13.5. The van der Waals surface area contributed by atoms with Crippen LogP contribution in [0.15, 0.2) is 35.5 Å². The first-order valence-electron chi connectivity index (χ1n) is 10.2. The molecule has 6 heteroatoms. The lowest BCUT2D eigenvalue weighted by molar-refractivity contribution is -0.131. The fourth-order valence-electron chi connectivity index (χ4n) is 3.43. The van der Waals surface area contributed by atoms with Gasteiger partial charge in [0.25, 0.3) is 0 Å². The topological polar surface area (TPSA) is 51.0 Å². The molecule has 0 unspecified atom stereocenters. The number of carbonyl (C=O) groups excluding carboxylic acids is 1. The molecule has 0 aliphatic carbocycles. The smallest absolute Gasteiger partial charge is 0.233 e. The van der Waals surface area contributed by atoms with Gasteiger partial charge >= 0.3 is 0 Å². The van der Waals surface area contributed by atoms with Gasteiger partial charge in [0.05, 0.1) is 5.75 Å². The largest absolute Gasteiger partial charge is 0.337 e. The Morgan fingerprint density at radius 3 is 2.21 bits per heavy atom. The maximum atomic E-state index is 12.7. The van der Waals surface area contributed by atoms with E-state index in [9.17, 15) is 4.79 Å². The number of nitrogens with zero attached hydrogens (tertiary/aromatic N) is 4. The van der Waals surface area contributed by atoms with Gasteiger partial charge in [0, 0.05) is 25.0 Å². The Hall–Kier alpha value is -1.82. The summed E-state index contributed by atoms with van der Waals surface area (Å²) >= 11 is 1.50. The Labute approximate surface area is 173 Å². The van der Waals surface area contributed by atoms with Gasteiger partial charge in [-0.25, -0.2) is 0 Å². The average Bonchev–Trinajstić information content (AvgIpc) is 2.99. The van der Waals surface area contributed by atoms with Crippen LogP contribution in [0.5, 0.6) is 0 Å². The number of aryl methyl sites for hydroxylation is 2. The van der Waals surface area contributed by atoms with Gasteiger partial charge < -0.3 is 9.47 Å². The standard InChI is InChI=1S/C22H34N4OS/c1-16(2)14-25-20(13-12-19-10-8-7-9-11-19)23-24-22(25)28-15-21(27)26(17(3)4)18(5)6/h7-11,16-18H,12-15H2,1-6H3. The predicted octanol–water partition coefficient (Wildman–Crippen LogP) is 4.46. The van der Waals surface area contributed by atoms with Crippen molar-refractivity contribution in [3.63, 3.8) is 0 Å². The van der Waals surface area contributed by atoms with Gasteiger partial charge in [-0.05, 0) is 45.6 Å². The SMILES string of the molecule is CC(C)Cn1c(CCc2ccccc2)nnc1SCC(=O)N(C(C)C)C(C)C. The van der Waals surface area contributed by atoms with Gasteiger partial charge in [-0.1, -0.05) is 55.9 Å². The van der Waals surface area contributed by atoms with E-state index >= 15 is 0 Å². The number of carbonyl (C=O) groups is 1. The summed E-state index contributed by atoms with van der Waals surface area (Å²) in [6.07, 6.45) is 1.79. The first-order chi connectivity index (χ1) is 13.3. The minimum Gasteiger partial charge on any atom is -0.337 e. The van der Waals surface area contributed by atoms with E-state index in [1.54, 1.807) is 0 Å². The first-order valence-corrected chi connectivity index (χ1v) is 11.2. The Balaban J connectivity index is 2.09. The Kier molecular flexibility index (Phi) is 8.55. The highest BCUT2D eigenvalue weighted by Gasteiger charge is 2.22. The van der Waals surface area contributed by atoms with E-state index in [0.29, 0.717) is 11.7 Å². The molecule has 0 aliphatic rings. The summed E-state index contributed by atoms with van der Waals surface area (Å²) in [6, 6.07) is 10.8. The van der Waals surface area contributed by atoms with Crippen LogP contribution in [0.4, 0.5) is 0 Å². The highest BCUT2D eigenvalue weighted by Crippen LogP contribution is 2.21. The average molecular weight is 403 g/mol. The summed E-state index contributed by atoms with van der Waals surface area (Å²) in [7, 11) is 0. The lowest BCUT2D eigenvalue weighted by atomic mass is 10.1. The van der Waals surface area contributed by atoms with Crippen LogP contribution in [-0.4, -0.2) is 43.4 Å². The molecule has 2 aromatic rings. The number of rotatable bonds is 10. The summed E-state index contributed by atoms with van der Waals surface area (Å²) in [5.41, 5.74) is 1.30. The van der Waals surface area contributed by atoms with Crippen LogP contribution in [0.25, 0.3) is 0 Å². The van der Waals surface area contributed by atoms with Crippen molar-refractivity contribution in [1.29, 1.82) is 0 Å². The van der Waals surface area contributed by atoms with E-state index in [-0.39, 0.29) is 18.0 Å². The van der Waals surface area contributed by atoms with Crippen LogP contribution in [0.2, 0.25) is 0 Å². The van der Waals surface area contributed by atoms with E-state index < -0.39 is 0 Å². The lowest BCUT2D eigenvalue weighted by Gasteiger charge is -2.30. The zero-order chi connectivity index (χ0) is 20.7. The molecule has 0 fully saturated rings. The third-order valence-electron chi connectivity index (χ3n) is 4.55. The van der Waals surface area contributed by atoms with Crippen molar-refractivity contribution in [2.75, 3.05) is 5.75 Å². The second kappa shape index (κ2) is 10.6. The van der Waals surface area contributed by atoms with Gasteiger partial charge in [-0.15, -0.1) is 10.2 Å². The maximum absolute atomic E-state index is 12.7. The predicted molar refractivity (Wildman–Crippen MR) is 117 cm³/mol. The van der Waals surface area contributed by atoms with Gasteiger partial charge in [0.2, 0.25) is 5.91 Å². The quantitative estimate of drug-likeness (QED) is 0.551. The number of amides is 1. The number of aromatic nitrogens is 3. The van der Waals surface area contributed by atoms with Crippen molar-refractivity contribution in [3.05, 3.63) is 41.7 Å². The molecular weight excluding hydrogens is 368 g/mol. The lowest BCUT2D eigenvalue weighted by Crippen LogP contribution is -2.43. The van der Waals surface area contributed by atoms with Gasteiger partial charge in [-0.2, -0.15) is 0 Å². The molecule has 1 aromatic heterocycles. The molecule has 0 atom stereocenters.